The molecule has 0 saturated carbocycles. The minimum Gasteiger partial charge on any atom is -0.438 e. The number of nitrogens with zero attached hydrogens (tertiary/aromatic N) is 2. The van der Waals surface area contributed by atoms with E-state index < -0.39 is 0 Å². The van der Waals surface area contributed by atoms with Gasteiger partial charge in [0, 0.05) is 17.5 Å². The lowest BCUT2D eigenvalue weighted by Gasteiger charge is -2.12. The summed E-state index contributed by atoms with van der Waals surface area (Å²) in [7, 11) is 0. The molecule has 0 fully saturated rings. The summed E-state index contributed by atoms with van der Waals surface area (Å²) in [5.74, 6) is 1.86. The van der Waals surface area contributed by atoms with Gasteiger partial charge in [-0.05, 0) is 37.1 Å². The number of hydrogen-bond donors (Lipinski definition) is 0. The van der Waals surface area contributed by atoms with Gasteiger partial charge in [0.1, 0.15) is 16.7 Å². The molecule has 0 aliphatic rings. The molecule has 19 heavy (non-hydrogen) atoms. The highest BCUT2D eigenvalue weighted by Gasteiger charge is 2.10. The van der Waals surface area contributed by atoms with Crippen LogP contribution < -0.4 is 4.74 Å². The van der Waals surface area contributed by atoms with Gasteiger partial charge in [0.25, 0.3) is 0 Å². The third-order valence-electron chi connectivity index (χ3n) is 2.67. The summed E-state index contributed by atoms with van der Waals surface area (Å²) in [6.07, 6.45) is 0.704. The van der Waals surface area contributed by atoms with Crippen molar-refractivity contribution in [3.63, 3.8) is 0 Å². The highest BCUT2D eigenvalue weighted by atomic mass is 35.5. The van der Waals surface area contributed by atoms with Gasteiger partial charge >= 0.3 is 0 Å². The lowest BCUT2D eigenvalue weighted by molar-refractivity contribution is 0.452. The van der Waals surface area contributed by atoms with E-state index in [1.807, 2.05) is 32.9 Å². The molecule has 3 nitrogen and oxygen atoms in total. The van der Waals surface area contributed by atoms with Gasteiger partial charge in [0.05, 0.1) is 0 Å². The second-order valence-corrected chi connectivity index (χ2v) is 5.09. The van der Waals surface area contributed by atoms with E-state index in [1.165, 1.54) is 0 Å². The van der Waals surface area contributed by atoms with Crippen LogP contribution in [0, 0.1) is 13.8 Å². The highest BCUT2D eigenvalue weighted by molar-refractivity contribution is 6.30. The summed E-state index contributed by atoms with van der Waals surface area (Å²) in [4.78, 5) is 8.41. The van der Waals surface area contributed by atoms with Crippen molar-refractivity contribution in [1.29, 1.82) is 0 Å². The van der Waals surface area contributed by atoms with Crippen LogP contribution in [0.25, 0.3) is 0 Å². The van der Waals surface area contributed by atoms with Crippen LogP contribution in [-0.4, -0.2) is 9.97 Å². The number of aromatic nitrogens is 2. The van der Waals surface area contributed by atoms with Crippen molar-refractivity contribution in [1.82, 2.24) is 9.97 Å². The van der Waals surface area contributed by atoms with Crippen molar-refractivity contribution in [2.75, 3.05) is 0 Å². The number of rotatable bonds is 3. The quantitative estimate of drug-likeness (QED) is 0.766. The Kier molecular flexibility index (Phi) is 4.27. The van der Waals surface area contributed by atoms with Crippen LogP contribution in [0.2, 0.25) is 10.2 Å². The Hall–Kier alpha value is -1.32. The number of halogens is 2. The number of ether oxygens (including phenoxy) is 1. The molecule has 1 aromatic carbocycles. The molecule has 1 heterocycles. The van der Waals surface area contributed by atoms with Crippen LogP contribution in [0.15, 0.2) is 18.2 Å². The SMILES string of the molecule is CCc1nc(Cl)cc(Oc2c(C)cc(Cl)cc2C)n1. The largest absolute Gasteiger partial charge is 0.438 e. The topological polar surface area (TPSA) is 35.0 Å². The predicted molar refractivity (Wildman–Crippen MR) is 77.4 cm³/mol. The maximum Gasteiger partial charge on any atom is 0.224 e. The van der Waals surface area contributed by atoms with Crippen molar-refractivity contribution in [2.45, 2.75) is 27.2 Å². The van der Waals surface area contributed by atoms with Gasteiger partial charge in [-0.3, -0.25) is 0 Å². The second-order valence-electron chi connectivity index (χ2n) is 4.27. The van der Waals surface area contributed by atoms with Crippen LogP contribution in [0.5, 0.6) is 11.6 Å². The molecular weight excluding hydrogens is 283 g/mol. The molecule has 0 atom stereocenters. The average molecular weight is 297 g/mol. The van der Waals surface area contributed by atoms with Crippen LogP contribution >= 0.6 is 23.2 Å². The summed E-state index contributed by atoms with van der Waals surface area (Å²) in [6.45, 7) is 5.85. The molecule has 0 bridgehead atoms. The van der Waals surface area contributed by atoms with Crippen molar-refractivity contribution in [3.8, 4) is 11.6 Å². The molecule has 5 heteroatoms. The Morgan fingerprint density at radius 1 is 1.05 bits per heavy atom. The van der Waals surface area contributed by atoms with Crippen molar-refractivity contribution in [3.05, 3.63) is 45.3 Å². The standard InChI is InChI=1S/C14H14Cl2N2O/c1-4-12-17-11(16)7-13(18-12)19-14-8(2)5-10(15)6-9(14)3/h5-7H,4H2,1-3H3. The number of hydrogen-bond acceptors (Lipinski definition) is 3. The molecule has 2 rings (SSSR count). The van der Waals surface area contributed by atoms with E-state index in [0.29, 0.717) is 28.3 Å². The van der Waals surface area contributed by atoms with Gasteiger partial charge in [0.15, 0.2) is 0 Å². The normalized spacial score (nSPS) is 10.6. The summed E-state index contributed by atoms with van der Waals surface area (Å²) in [5.41, 5.74) is 1.91. The Balaban J connectivity index is 2.39. The van der Waals surface area contributed by atoms with Gasteiger partial charge in [-0.1, -0.05) is 30.1 Å². The van der Waals surface area contributed by atoms with Crippen molar-refractivity contribution >= 4 is 23.2 Å². The van der Waals surface area contributed by atoms with Crippen molar-refractivity contribution in [2.24, 2.45) is 0 Å². The highest BCUT2D eigenvalue weighted by Crippen LogP contribution is 2.31. The van der Waals surface area contributed by atoms with E-state index in [0.717, 1.165) is 16.9 Å². The molecule has 0 amide bonds. The Morgan fingerprint density at radius 3 is 2.26 bits per heavy atom. The smallest absolute Gasteiger partial charge is 0.224 e. The second kappa shape index (κ2) is 5.76. The van der Waals surface area contributed by atoms with Crippen molar-refractivity contribution < 1.29 is 4.74 Å². The maximum atomic E-state index is 6.00. The maximum absolute atomic E-state index is 6.00. The molecule has 2 aromatic rings. The minimum absolute atomic E-state index is 0.381. The first kappa shape index (κ1) is 14.1. The minimum atomic E-state index is 0.381. The molecule has 0 N–H and O–H groups in total. The number of aryl methyl sites for hydroxylation is 3. The first-order valence-corrected chi connectivity index (χ1v) is 6.73. The van der Waals surface area contributed by atoms with Crippen LogP contribution in [0.1, 0.15) is 23.9 Å². The summed E-state index contributed by atoms with van der Waals surface area (Å²) < 4.78 is 5.82. The zero-order valence-corrected chi connectivity index (χ0v) is 12.5. The van der Waals surface area contributed by atoms with Crippen LogP contribution in [-0.2, 0) is 6.42 Å². The summed E-state index contributed by atoms with van der Waals surface area (Å²) >= 11 is 11.9. The zero-order valence-electron chi connectivity index (χ0n) is 11.0. The molecular formula is C14H14Cl2N2O. The third kappa shape index (κ3) is 3.37. The van der Waals surface area contributed by atoms with Crippen LogP contribution in [0.4, 0.5) is 0 Å². The molecule has 0 radical (unpaired) electrons. The molecule has 0 unspecified atom stereocenters. The fraction of sp³-hybridized carbons (Fsp3) is 0.286. The monoisotopic (exact) mass is 296 g/mol. The van der Waals surface area contributed by atoms with Gasteiger partial charge in [-0.15, -0.1) is 0 Å². The van der Waals surface area contributed by atoms with E-state index >= 15 is 0 Å². The van der Waals surface area contributed by atoms with E-state index in [2.05, 4.69) is 9.97 Å². The van der Waals surface area contributed by atoms with Gasteiger partial charge in [-0.25, -0.2) is 4.98 Å². The van der Waals surface area contributed by atoms with E-state index in [1.54, 1.807) is 6.07 Å². The Morgan fingerprint density at radius 2 is 1.68 bits per heavy atom. The summed E-state index contributed by atoms with van der Waals surface area (Å²) in [5, 5.41) is 1.07. The van der Waals surface area contributed by atoms with Gasteiger partial charge in [0.2, 0.25) is 5.88 Å². The lowest BCUT2D eigenvalue weighted by atomic mass is 10.1. The van der Waals surface area contributed by atoms with E-state index in [9.17, 15) is 0 Å². The average Bonchev–Trinajstić information content (AvgIpc) is 2.33. The van der Waals surface area contributed by atoms with Crippen LogP contribution in [0.3, 0.4) is 0 Å². The van der Waals surface area contributed by atoms with Gasteiger partial charge in [-0.2, -0.15) is 4.98 Å². The van der Waals surface area contributed by atoms with Gasteiger partial charge < -0.3 is 4.74 Å². The molecule has 0 spiro atoms. The van der Waals surface area contributed by atoms with E-state index in [4.69, 9.17) is 27.9 Å². The summed E-state index contributed by atoms with van der Waals surface area (Å²) in [6, 6.07) is 5.31. The molecule has 1 aromatic heterocycles. The molecule has 0 aliphatic heterocycles. The third-order valence-corrected chi connectivity index (χ3v) is 3.08. The molecule has 0 saturated heterocycles. The predicted octanol–water partition coefficient (Wildman–Crippen LogP) is 4.75. The Labute approximate surface area is 122 Å². The zero-order chi connectivity index (χ0) is 14.0. The fourth-order valence-corrected chi connectivity index (χ4v) is 2.33. The fourth-order valence-electron chi connectivity index (χ4n) is 1.82. The first-order valence-electron chi connectivity index (χ1n) is 5.97. The lowest BCUT2D eigenvalue weighted by Crippen LogP contribution is -1.98. The molecule has 0 aliphatic carbocycles. The van der Waals surface area contributed by atoms with E-state index in [-0.39, 0.29) is 0 Å². The molecule has 100 valence electrons. The first-order chi connectivity index (χ1) is 8.99. The Bertz CT molecular complexity index is 591. The number of benzene rings is 1.